The smallest absolute Gasteiger partial charge is 0.406 e. The molecule has 1 aliphatic heterocycles. The van der Waals surface area contributed by atoms with Crippen molar-refractivity contribution in [2.24, 2.45) is 10.1 Å². The molecule has 0 aromatic heterocycles. The highest BCUT2D eigenvalue weighted by Crippen LogP contribution is 2.22. The van der Waals surface area contributed by atoms with Gasteiger partial charge in [0.1, 0.15) is 5.75 Å². The Hall–Kier alpha value is -2.25. The second-order valence-electron chi connectivity index (χ2n) is 4.02. The molecule has 0 radical (unpaired) electrons. The number of aliphatic imine (C=N–C) groups is 1. The van der Waals surface area contributed by atoms with Gasteiger partial charge in [-0.05, 0) is 29.8 Å². The van der Waals surface area contributed by atoms with Crippen LogP contribution in [0.3, 0.4) is 0 Å². The van der Waals surface area contributed by atoms with E-state index in [4.69, 9.17) is 0 Å². The van der Waals surface area contributed by atoms with Crippen LogP contribution in [0.2, 0.25) is 0 Å². The van der Waals surface area contributed by atoms with Gasteiger partial charge in [0.05, 0.1) is 12.8 Å². The minimum Gasteiger partial charge on any atom is -0.406 e. The summed E-state index contributed by atoms with van der Waals surface area (Å²) in [7, 11) is 1.73. The minimum absolute atomic E-state index is 0.259. The molecule has 2 rings (SSSR count). The fourth-order valence-corrected chi connectivity index (χ4v) is 1.57. The number of benzene rings is 1. The molecule has 1 aliphatic rings. The van der Waals surface area contributed by atoms with E-state index in [9.17, 15) is 13.2 Å². The normalized spacial score (nSPS) is 15.1. The summed E-state index contributed by atoms with van der Waals surface area (Å²) in [6.45, 7) is 1.48. The number of rotatable bonds is 3. The second kappa shape index (κ2) is 5.81. The lowest BCUT2D eigenvalue weighted by Gasteiger charge is -2.12. The zero-order valence-electron chi connectivity index (χ0n) is 10.7. The Bertz CT molecular complexity index is 510. The van der Waals surface area contributed by atoms with Crippen molar-refractivity contribution >= 4 is 12.2 Å². The molecule has 0 saturated heterocycles. The van der Waals surface area contributed by atoms with Crippen LogP contribution in [0, 0.1) is 0 Å². The number of ether oxygens (including phenoxy) is 1. The molecule has 1 aromatic rings. The first-order chi connectivity index (χ1) is 9.44. The van der Waals surface area contributed by atoms with Gasteiger partial charge in [-0.2, -0.15) is 5.10 Å². The number of nitrogens with one attached hydrogen (secondary N) is 1. The van der Waals surface area contributed by atoms with Crippen LogP contribution >= 0.6 is 0 Å². The molecule has 1 heterocycles. The molecule has 5 nitrogen and oxygen atoms in total. The predicted molar refractivity (Wildman–Crippen MR) is 68.8 cm³/mol. The van der Waals surface area contributed by atoms with E-state index in [1.54, 1.807) is 12.1 Å². The Morgan fingerprint density at radius 3 is 2.60 bits per heavy atom. The predicted octanol–water partition coefficient (Wildman–Crippen LogP) is 1.81. The summed E-state index contributed by atoms with van der Waals surface area (Å²) in [5.41, 5.74) is 0.657. The largest absolute Gasteiger partial charge is 0.573 e. The number of halogens is 3. The quantitative estimate of drug-likeness (QED) is 0.681. The van der Waals surface area contributed by atoms with Crippen LogP contribution in [0.4, 0.5) is 13.2 Å². The van der Waals surface area contributed by atoms with Gasteiger partial charge in [-0.15, -0.1) is 13.2 Å². The molecule has 0 spiro atoms. The molecule has 108 valence electrons. The van der Waals surface area contributed by atoms with E-state index in [1.165, 1.54) is 30.5 Å². The van der Waals surface area contributed by atoms with Gasteiger partial charge in [-0.3, -0.25) is 0 Å². The zero-order valence-corrected chi connectivity index (χ0v) is 10.7. The van der Waals surface area contributed by atoms with E-state index in [0.717, 1.165) is 6.54 Å². The summed E-state index contributed by atoms with van der Waals surface area (Å²) in [6.07, 6.45) is -3.15. The van der Waals surface area contributed by atoms with Crippen molar-refractivity contribution < 1.29 is 17.9 Å². The van der Waals surface area contributed by atoms with Crippen molar-refractivity contribution in [3.63, 3.8) is 0 Å². The number of guanidine groups is 1. The first-order valence-corrected chi connectivity index (χ1v) is 5.86. The average Bonchev–Trinajstić information content (AvgIpc) is 2.89. The van der Waals surface area contributed by atoms with Gasteiger partial charge in [0, 0.05) is 13.6 Å². The van der Waals surface area contributed by atoms with Gasteiger partial charge in [0.15, 0.2) is 0 Å². The number of nitrogens with zero attached hydrogens (tertiary/aromatic N) is 3. The van der Waals surface area contributed by atoms with E-state index < -0.39 is 6.36 Å². The Balaban J connectivity index is 1.96. The van der Waals surface area contributed by atoms with Gasteiger partial charge < -0.3 is 10.1 Å². The Morgan fingerprint density at radius 2 is 2.05 bits per heavy atom. The molecular weight excluding hydrogens is 273 g/mol. The summed E-state index contributed by atoms with van der Waals surface area (Å²) >= 11 is 0. The van der Waals surface area contributed by atoms with Gasteiger partial charge in [0.25, 0.3) is 0 Å². The maximum absolute atomic E-state index is 12.0. The maximum Gasteiger partial charge on any atom is 0.573 e. The molecular formula is C12H13F3N4O. The first kappa shape index (κ1) is 14.2. The van der Waals surface area contributed by atoms with Crippen molar-refractivity contribution in [2.75, 3.05) is 20.1 Å². The van der Waals surface area contributed by atoms with Gasteiger partial charge in [-0.1, -0.05) is 0 Å². The summed E-state index contributed by atoms with van der Waals surface area (Å²) < 4.78 is 39.8. The van der Waals surface area contributed by atoms with E-state index in [-0.39, 0.29) is 5.75 Å². The van der Waals surface area contributed by atoms with Gasteiger partial charge in [-0.25, -0.2) is 10.0 Å². The standard InChI is InChI=1S/C12H13F3N4O/c1-19(11-16-6-7-17-11)18-8-9-2-4-10(5-3-9)20-12(13,14)15/h2-5,8H,6-7H2,1H3,(H,16,17). The zero-order chi connectivity index (χ0) is 14.6. The topological polar surface area (TPSA) is 49.2 Å². The van der Waals surface area contributed by atoms with E-state index in [2.05, 4.69) is 20.1 Å². The Morgan fingerprint density at radius 1 is 1.35 bits per heavy atom. The fraction of sp³-hybridized carbons (Fsp3) is 0.333. The lowest BCUT2D eigenvalue weighted by molar-refractivity contribution is -0.274. The SMILES string of the molecule is CN(N=Cc1ccc(OC(F)(F)F)cc1)C1=NCCN1. The third kappa shape index (κ3) is 4.15. The lowest BCUT2D eigenvalue weighted by Crippen LogP contribution is -2.32. The molecule has 1 N–H and O–H groups in total. The first-order valence-electron chi connectivity index (χ1n) is 5.86. The minimum atomic E-state index is -4.68. The Labute approximate surface area is 113 Å². The molecule has 20 heavy (non-hydrogen) atoms. The molecule has 8 heteroatoms. The van der Waals surface area contributed by atoms with Crippen LogP contribution in [-0.4, -0.2) is 43.7 Å². The van der Waals surface area contributed by atoms with Crippen molar-refractivity contribution in [2.45, 2.75) is 6.36 Å². The summed E-state index contributed by atoms with van der Waals surface area (Å²) in [4.78, 5) is 4.18. The number of hydrogen-bond donors (Lipinski definition) is 1. The van der Waals surface area contributed by atoms with Crippen molar-refractivity contribution in [3.05, 3.63) is 29.8 Å². The van der Waals surface area contributed by atoms with E-state index in [0.29, 0.717) is 18.1 Å². The third-order valence-electron chi connectivity index (χ3n) is 2.46. The lowest BCUT2D eigenvalue weighted by atomic mass is 10.2. The van der Waals surface area contributed by atoms with E-state index in [1.807, 2.05) is 0 Å². The molecule has 0 aliphatic carbocycles. The summed E-state index contributed by atoms with van der Waals surface area (Å²) in [6, 6.07) is 5.45. The molecule has 1 aromatic carbocycles. The van der Waals surface area contributed by atoms with Crippen LogP contribution in [0.15, 0.2) is 34.4 Å². The molecule has 0 atom stereocenters. The third-order valence-corrected chi connectivity index (χ3v) is 2.46. The molecule has 0 saturated carbocycles. The second-order valence-corrected chi connectivity index (χ2v) is 4.02. The highest BCUT2D eigenvalue weighted by molar-refractivity contribution is 5.84. The highest BCUT2D eigenvalue weighted by Gasteiger charge is 2.30. The van der Waals surface area contributed by atoms with E-state index >= 15 is 0 Å². The number of alkyl halides is 3. The van der Waals surface area contributed by atoms with Crippen molar-refractivity contribution in [1.82, 2.24) is 10.3 Å². The molecule has 0 amide bonds. The highest BCUT2D eigenvalue weighted by atomic mass is 19.4. The monoisotopic (exact) mass is 286 g/mol. The Kier molecular flexibility index (Phi) is 4.11. The summed E-state index contributed by atoms with van der Waals surface area (Å²) in [5, 5.41) is 8.74. The molecule has 0 bridgehead atoms. The maximum atomic E-state index is 12.0. The van der Waals surface area contributed by atoms with Crippen LogP contribution in [0.5, 0.6) is 5.75 Å². The van der Waals surface area contributed by atoms with Gasteiger partial charge in [0.2, 0.25) is 5.96 Å². The molecule has 0 unspecified atom stereocenters. The van der Waals surface area contributed by atoms with Crippen molar-refractivity contribution in [1.29, 1.82) is 0 Å². The van der Waals surface area contributed by atoms with Crippen LogP contribution in [-0.2, 0) is 0 Å². The van der Waals surface area contributed by atoms with Crippen molar-refractivity contribution in [3.8, 4) is 5.75 Å². The molecule has 0 fully saturated rings. The number of hydrogen-bond acceptors (Lipinski definition) is 5. The summed E-state index contributed by atoms with van der Waals surface area (Å²) in [5.74, 6) is 0.406. The van der Waals surface area contributed by atoms with Crippen LogP contribution < -0.4 is 10.1 Å². The fourth-order valence-electron chi connectivity index (χ4n) is 1.57. The van der Waals surface area contributed by atoms with Crippen LogP contribution in [0.1, 0.15) is 5.56 Å². The average molecular weight is 286 g/mol. The van der Waals surface area contributed by atoms with Gasteiger partial charge >= 0.3 is 6.36 Å². The van der Waals surface area contributed by atoms with Crippen LogP contribution in [0.25, 0.3) is 0 Å². The number of hydrazone groups is 1.